The van der Waals surface area contributed by atoms with Crippen LogP contribution in [0.2, 0.25) is 0 Å². The van der Waals surface area contributed by atoms with Crippen molar-refractivity contribution in [2.75, 3.05) is 13.2 Å². The molecule has 0 aliphatic carbocycles. The number of rotatable bonds is 5. The van der Waals surface area contributed by atoms with Gasteiger partial charge in [0.25, 0.3) is 0 Å². The summed E-state index contributed by atoms with van der Waals surface area (Å²) < 4.78 is 12.7. The first-order chi connectivity index (χ1) is 10.8. The third kappa shape index (κ3) is 3.20. The Morgan fingerprint density at radius 3 is 3.00 bits per heavy atom. The van der Waals surface area contributed by atoms with Crippen LogP contribution in [0.15, 0.2) is 42.9 Å². The zero-order valence-electron chi connectivity index (χ0n) is 12.6. The van der Waals surface area contributed by atoms with E-state index in [1.54, 1.807) is 12.5 Å². The molecule has 1 unspecified atom stereocenters. The van der Waals surface area contributed by atoms with Gasteiger partial charge in [-0.3, -0.25) is 0 Å². The third-order valence-corrected chi connectivity index (χ3v) is 4.00. The van der Waals surface area contributed by atoms with Crippen LogP contribution < -0.4 is 0 Å². The van der Waals surface area contributed by atoms with E-state index in [0.29, 0.717) is 12.3 Å². The molecule has 22 heavy (non-hydrogen) atoms. The molecule has 1 aliphatic rings. The summed E-state index contributed by atoms with van der Waals surface area (Å²) in [7, 11) is 0. The van der Waals surface area contributed by atoms with E-state index >= 15 is 0 Å². The number of benzene rings is 1. The van der Waals surface area contributed by atoms with Gasteiger partial charge in [0.05, 0.1) is 24.7 Å². The summed E-state index contributed by atoms with van der Waals surface area (Å²) in [6, 6.07) is 10.0. The zero-order chi connectivity index (χ0) is 15.4. The quantitative estimate of drug-likeness (QED) is 0.797. The number of nitrogens with zero attached hydrogens (tertiary/aromatic N) is 2. The number of ether oxygens (including phenoxy) is 2. The van der Waals surface area contributed by atoms with Crippen molar-refractivity contribution in [2.24, 2.45) is 0 Å². The Morgan fingerprint density at radius 2 is 2.27 bits per heavy atom. The summed E-state index contributed by atoms with van der Waals surface area (Å²) in [5.41, 5.74) is 1.59. The number of carbonyl (C=O) groups is 1. The van der Waals surface area contributed by atoms with Crippen molar-refractivity contribution in [3.8, 4) is 0 Å². The predicted octanol–water partition coefficient (Wildman–Crippen LogP) is 2.83. The van der Waals surface area contributed by atoms with Crippen molar-refractivity contribution in [2.45, 2.75) is 31.9 Å². The van der Waals surface area contributed by atoms with Gasteiger partial charge in [0.15, 0.2) is 0 Å². The molecular formula is C17H20N2O3. The number of carbonyl (C=O) groups excluding carboxylic acids is 1. The highest BCUT2D eigenvalue weighted by Crippen LogP contribution is 2.20. The largest absolute Gasteiger partial charge is 0.458 e. The van der Waals surface area contributed by atoms with Gasteiger partial charge in [0.1, 0.15) is 12.3 Å². The van der Waals surface area contributed by atoms with Gasteiger partial charge in [-0.1, -0.05) is 30.3 Å². The van der Waals surface area contributed by atoms with Crippen LogP contribution in [0.4, 0.5) is 0 Å². The fraction of sp³-hybridized carbons (Fsp3) is 0.412. The first-order valence-electron chi connectivity index (χ1n) is 7.61. The first kappa shape index (κ1) is 14.8. The van der Waals surface area contributed by atoms with Crippen molar-refractivity contribution in [3.63, 3.8) is 0 Å². The van der Waals surface area contributed by atoms with Crippen molar-refractivity contribution in [1.29, 1.82) is 0 Å². The van der Waals surface area contributed by atoms with Crippen LogP contribution in [0.1, 0.15) is 41.9 Å². The summed E-state index contributed by atoms with van der Waals surface area (Å²) in [6.07, 6.45) is 5.24. The van der Waals surface area contributed by atoms with Gasteiger partial charge in [-0.05, 0) is 25.3 Å². The monoisotopic (exact) mass is 300 g/mol. The maximum absolute atomic E-state index is 12.3. The van der Waals surface area contributed by atoms with E-state index in [-0.39, 0.29) is 18.1 Å². The molecule has 2 heterocycles. The van der Waals surface area contributed by atoms with E-state index in [2.05, 4.69) is 4.98 Å². The molecule has 0 saturated carbocycles. The molecule has 1 fully saturated rings. The zero-order valence-corrected chi connectivity index (χ0v) is 12.6. The molecular weight excluding hydrogens is 280 g/mol. The Balaban J connectivity index is 1.69. The second-order valence-electron chi connectivity index (χ2n) is 5.51. The number of hydrogen-bond acceptors (Lipinski definition) is 4. The van der Waals surface area contributed by atoms with Gasteiger partial charge in [-0.25, -0.2) is 9.78 Å². The molecule has 5 heteroatoms. The Kier molecular flexibility index (Phi) is 4.53. The minimum Gasteiger partial charge on any atom is -0.458 e. The summed E-state index contributed by atoms with van der Waals surface area (Å²) in [4.78, 5) is 16.4. The number of imidazole rings is 1. The standard InChI is InChI=1S/C17H20N2O3/c1-13(14-6-3-2-4-7-14)19-12-18-10-16(19)17(20)22-11-15-8-5-9-21-15/h2-4,6-7,10,12-13,15H,5,8-9,11H2,1H3/t13-,15?/m1/s1. The van der Waals surface area contributed by atoms with E-state index in [1.807, 2.05) is 41.8 Å². The second-order valence-corrected chi connectivity index (χ2v) is 5.51. The fourth-order valence-corrected chi connectivity index (χ4v) is 2.68. The maximum Gasteiger partial charge on any atom is 0.356 e. The van der Waals surface area contributed by atoms with E-state index < -0.39 is 0 Å². The lowest BCUT2D eigenvalue weighted by Crippen LogP contribution is -2.20. The Bertz CT molecular complexity index is 618. The third-order valence-electron chi connectivity index (χ3n) is 4.00. The molecule has 0 N–H and O–H groups in total. The summed E-state index contributed by atoms with van der Waals surface area (Å²) in [5, 5.41) is 0. The number of hydrogen-bond donors (Lipinski definition) is 0. The van der Waals surface area contributed by atoms with E-state index in [4.69, 9.17) is 9.47 Å². The molecule has 1 saturated heterocycles. The van der Waals surface area contributed by atoms with Crippen LogP contribution in [0.5, 0.6) is 0 Å². The molecule has 3 rings (SSSR count). The van der Waals surface area contributed by atoms with Crippen LogP contribution >= 0.6 is 0 Å². The lowest BCUT2D eigenvalue weighted by molar-refractivity contribution is 0.0152. The molecule has 0 spiro atoms. The smallest absolute Gasteiger partial charge is 0.356 e. The molecule has 116 valence electrons. The summed E-state index contributed by atoms with van der Waals surface area (Å²) in [5.74, 6) is -0.351. The highest BCUT2D eigenvalue weighted by Gasteiger charge is 2.21. The lowest BCUT2D eigenvalue weighted by atomic mass is 10.1. The van der Waals surface area contributed by atoms with Crippen LogP contribution in [-0.4, -0.2) is 34.8 Å². The van der Waals surface area contributed by atoms with Crippen molar-refractivity contribution in [1.82, 2.24) is 9.55 Å². The molecule has 0 amide bonds. The molecule has 2 atom stereocenters. The average molecular weight is 300 g/mol. The second kappa shape index (κ2) is 6.75. The highest BCUT2D eigenvalue weighted by atomic mass is 16.6. The van der Waals surface area contributed by atoms with E-state index in [1.165, 1.54) is 0 Å². The maximum atomic E-state index is 12.3. The Hall–Kier alpha value is -2.14. The molecule has 2 aromatic rings. The van der Waals surface area contributed by atoms with Gasteiger partial charge < -0.3 is 14.0 Å². The fourth-order valence-electron chi connectivity index (χ4n) is 2.68. The van der Waals surface area contributed by atoms with Gasteiger partial charge in [-0.15, -0.1) is 0 Å². The topological polar surface area (TPSA) is 53.4 Å². The van der Waals surface area contributed by atoms with E-state index in [0.717, 1.165) is 25.0 Å². The minimum absolute atomic E-state index is 0.0222. The lowest BCUT2D eigenvalue weighted by Gasteiger charge is -2.17. The molecule has 0 radical (unpaired) electrons. The first-order valence-corrected chi connectivity index (χ1v) is 7.61. The van der Waals surface area contributed by atoms with Crippen LogP contribution in [0, 0.1) is 0 Å². The molecule has 5 nitrogen and oxygen atoms in total. The molecule has 1 aromatic heterocycles. The van der Waals surface area contributed by atoms with Gasteiger partial charge in [0, 0.05) is 6.61 Å². The Morgan fingerprint density at radius 1 is 1.45 bits per heavy atom. The normalized spacial score (nSPS) is 19.0. The number of esters is 1. The summed E-state index contributed by atoms with van der Waals surface area (Å²) >= 11 is 0. The van der Waals surface area contributed by atoms with Crippen molar-refractivity contribution in [3.05, 3.63) is 54.1 Å². The van der Waals surface area contributed by atoms with Gasteiger partial charge in [0.2, 0.25) is 0 Å². The average Bonchev–Trinajstić information content (AvgIpc) is 3.24. The van der Waals surface area contributed by atoms with Crippen molar-refractivity contribution >= 4 is 5.97 Å². The highest BCUT2D eigenvalue weighted by molar-refractivity contribution is 5.87. The molecule has 1 aliphatic heterocycles. The summed E-state index contributed by atoms with van der Waals surface area (Å²) in [6.45, 7) is 3.10. The number of aromatic nitrogens is 2. The predicted molar refractivity (Wildman–Crippen MR) is 81.7 cm³/mol. The SMILES string of the molecule is C[C@H](c1ccccc1)n1cncc1C(=O)OCC1CCCO1. The molecule has 1 aromatic carbocycles. The van der Waals surface area contributed by atoms with Crippen LogP contribution in [0.25, 0.3) is 0 Å². The van der Waals surface area contributed by atoms with Crippen LogP contribution in [-0.2, 0) is 9.47 Å². The van der Waals surface area contributed by atoms with Crippen molar-refractivity contribution < 1.29 is 14.3 Å². The molecule has 0 bridgehead atoms. The minimum atomic E-state index is -0.351. The van der Waals surface area contributed by atoms with Gasteiger partial charge in [-0.2, -0.15) is 0 Å². The van der Waals surface area contributed by atoms with Gasteiger partial charge >= 0.3 is 5.97 Å². The Labute approximate surface area is 129 Å². The van der Waals surface area contributed by atoms with E-state index in [9.17, 15) is 4.79 Å². The van der Waals surface area contributed by atoms with Crippen LogP contribution in [0.3, 0.4) is 0 Å².